The highest BCUT2D eigenvalue weighted by Gasteiger charge is 2.07. The molecule has 3 rings (SSSR count). The van der Waals surface area contributed by atoms with E-state index in [1.807, 2.05) is 53.9 Å². The van der Waals surface area contributed by atoms with Gasteiger partial charge in [-0.3, -0.25) is 5.32 Å². The molecular weight excluding hydrogens is 346 g/mol. The summed E-state index contributed by atoms with van der Waals surface area (Å²) >= 11 is 1.42. The van der Waals surface area contributed by atoms with Gasteiger partial charge in [0.1, 0.15) is 5.82 Å². The topological polar surface area (TPSA) is 78.9 Å². The predicted molar refractivity (Wildman–Crippen MR) is 107 cm³/mol. The van der Waals surface area contributed by atoms with E-state index < -0.39 is 0 Å². The lowest BCUT2D eigenvalue weighted by molar-refractivity contribution is 0.252. The predicted octanol–water partition coefficient (Wildman–Crippen LogP) is 4.22. The molecule has 0 saturated carbocycles. The molecule has 0 spiro atoms. The fourth-order valence-corrected chi connectivity index (χ4v) is 3.06. The van der Waals surface area contributed by atoms with Crippen LogP contribution < -0.4 is 16.0 Å². The first-order chi connectivity index (χ1) is 12.8. The van der Waals surface area contributed by atoms with Crippen molar-refractivity contribution in [3.8, 4) is 11.3 Å². The number of urea groups is 1. The monoisotopic (exact) mass is 367 g/mol. The third-order valence-corrected chi connectivity index (χ3v) is 4.41. The van der Waals surface area contributed by atoms with E-state index in [4.69, 9.17) is 0 Å². The van der Waals surface area contributed by atoms with E-state index in [0.717, 1.165) is 36.5 Å². The maximum absolute atomic E-state index is 11.9. The first-order valence-electron chi connectivity index (χ1n) is 8.52. The van der Waals surface area contributed by atoms with Gasteiger partial charge >= 0.3 is 6.03 Å². The normalized spacial score (nSPS) is 10.3. The third-order valence-electron chi connectivity index (χ3n) is 3.65. The Balaban J connectivity index is 1.32. The van der Waals surface area contributed by atoms with E-state index >= 15 is 0 Å². The highest BCUT2D eigenvalue weighted by molar-refractivity contribution is 7.14. The van der Waals surface area contributed by atoms with E-state index in [1.54, 1.807) is 6.20 Å². The average molecular weight is 367 g/mol. The number of nitrogens with zero attached hydrogens (tertiary/aromatic N) is 2. The Bertz CT molecular complexity index is 807. The first kappa shape index (κ1) is 17.9. The molecule has 26 heavy (non-hydrogen) atoms. The SMILES string of the molecule is O=C(NCCCCNc1ccccn1)Nc1nc(-c2ccccc2)cs1. The van der Waals surface area contributed by atoms with Crippen molar-refractivity contribution in [2.75, 3.05) is 23.7 Å². The Kier molecular flexibility index (Phi) is 6.55. The van der Waals surface area contributed by atoms with Gasteiger partial charge in [0.25, 0.3) is 0 Å². The van der Waals surface area contributed by atoms with Gasteiger partial charge < -0.3 is 10.6 Å². The van der Waals surface area contributed by atoms with Crippen LogP contribution in [0.25, 0.3) is 11.3 Å². The van der Waals surface area contributed by atoms with Crippen molar-refractivity contribution in [3.05, 3.63) is 60.1 Å². The second-order valence-corrected chi connectivity index (χ2v) is 6.49. The van der Waals surface area contributed by atoms with Crippen molar-refractivity contribution in [1.82, 2.24) is 15.3 Å². The van der Waals surface area contributed by atoms with E-state index in [-0.39, 0.29) is 6.03 Å². The summed E-state index contributed by atoms with van der Waals surface area (Å²) < 4.78 is 0. The molecule has 2 heterocycles. The van der Waals surface area contributed by atoms with Crippen molar-refractivity contribution >= 4 is 28.3 Å². The second kappa shape index (κ2) is 9.53. The summed E-state index contributed by atoms with van der Waals surface area (Å²) in [7, 11) is 0. The molecule has 0 bridgehead atoms. The fraction of sp³-hybridized carbons (Fsp3) is 0.211. The number of carbonyl (C=O) groups excluding carboxylic acids is 1. The van der Waals surface area contributed by atoms with E-state index in [9.17, 15) is 4.79 Å². The molecule has 0 unspecified atom stereocenters. The maximum Gasteiger partial charge on any atom is 0.321 e. The lowest BCUT2D eigenvalue weighted by Gasteiger charge is -2.07. The van der Waals surface area contributed by atoms with Crippen LogP contribution in [0, 0.1) is 0 Å². The van der Waals surface area contributed by atoms with Crippen LogP contribution >= 0.6 is 11.3 Å². The van der Waals surface area contributed by atoms with Crippen LogP contribution in [0.15, 0.2) is 60.1 Å². The van der Waals surface area contributed by atoms with Gasteiger partial charge in [-0.1, -0.05) is 36.4 Å². The Labute approximate surface area is 156 Å². The third kappa shape index (κ3) is 5.56. The van der Waals surface area contributed by atoms with Gasteiger partial charge in [-0.05, 0) is 25.0 Å². The van der Waals surface area contributed by atoms with Crippen molar-refractivity contribution in [2.24, 2.45) is 0 Å². The summed E-state index contributed by atoms with van der Waals surface area (Å²) in [5, 5.41) is 11.4. The van der Waals surface area contributed by atoms with Gasteiger partial charge in [0, 0.05) is 30.2 Å². The molecule has 1 aromatic carbocycles. The zero-order valence-corrected chi connectivity index (χ0v) is 15.1. The Morgan fingerprint density at radius 1 is 1.00 bits per heavy atom. The standard InChI is InChI=1S/C19H21N5OS/c25-18(22-13-7-6-12-21-17-10-4-5-11-20-17)24-19-23-16(14-26-19)15-8-2-1-3-9-15/h1-5,8-11,14H,6-7,12-13H2,(H,20,21)(H2,22,23,24,25). The number of anilines is 2. The molecule has 7 heteroatoms. The van der Waals surface area contributed by atoms with Crippen LogP contribution in [0.3, 0.4) is 0 Å². The van der Waals surface area contributed by atoms with Crippen molar-refractivity contribution in [1.29, 1.82) is 0 Å². The fourth-order valence-electron chi connectivity index (χ4n) is 2.35. The highest BCUT2D eigenvalue weighted by Crippen LogP contribution is 2.24. The van der Waals surface area contributed by atoms with Gasteiger partial charge in [0.05, 0.1) is 5.69 Å². The van der Waals surface area contributed by atoms with Crippen LogP contribution in [-0.2, 0) is 0 Å². The molecular formula is C19H21N5OS. The quantitative estimate of drug-likeness (QED) is 0.521. The first-order valence-corrected chi connectivity index (χ1v) is 9.40. The molecule has 0 aliphatic heterocycles. The van der Waals surface area contributed by atoms with Crippen LogP contribution in [0.1, 0.15) is 12.8 Å². The number of hydrogen-bond acceptors (Lipinski definition) is 5. The summed E-state index contributed by atoms with van der Waals surface area (Å²) in [5.74, 6) is 0.871. The van der Waals surface area contributed by atoms with Crippen molar-refractivity contribution < 1.29 is 4.79 Å². The van der Waals surface area contributed by atoms with Gasteiger partial charge in [0.15, 0.2) is 5.13 Å². The Morgan fingerprint density at radius 2 is 1.81 bits per heavy atom. The summed E-state index contributed by atoms with van der Waals surface area (Å²) in [4.78, 5) is 20.6. The number of carbonyl (C=O) groups is 1. The van der Waals surface area contributed by atoms with E-state index in [2.05, 4.69) is 25.9 Å². The summed E-state index contributed by atoms with van der Waals surface area (Å²) in [6.45, 7) is 1.44. The average Bonchev–Trinajstić information content (AvgIpc) is 3.14. The Morgan fingerprint density at radius 3 is 2.62 bits per heavy atom. The minimum atomic E-state index is -0.225. The molecule has 2 amide bonds. The number of rotatable bonds is 8. The molecule has 6 nitrogen and oxygen atoms in total. The molecule has 0 saturated heterocycles. The van der Waals surface area contributed by atoms with Gasteiger partial charge in [-0.15, -0.1) is 11.3 Å². The molecule has 0 aliphatic carbocycles. The number of unbranched alkanes of at least 4 members (excludes halogenated alkanes) is 1. The summed E-state index contributed by atoms with van der Waals surface area (Å²) in [6, 6.07) is 15.4. The number of thiazole rings is 1. The molecule has 0 atom stereocenters. The van der Waals surface area contributed by atoms with Crippen LogP contribution in [0.2, 0.25) is 0 Å². The summed E-state index contributed by atoms with van der Waals surface area (Å²) in [6.07, 6.45) is 3.60. The number of hydrogen-bond donors (Lipinski definition) is 3. The Hall–Kier alpha value is -2.93. The number of benzene rings is 1. The lowest BCUT2D eigenvalue weighted by atomic mass is 10.2. The lowest BCUT2D eigenvalue weighted by Crippen LogP contribution is -2.29. The van der Waals surface area contributed by atoms with Gasteiger partial charge in [0.2, 0.25) is 0 Å². The van der Waals surface area contributed by atoms with Crippen molar-refractivity contribution in [3.63, 3.8) is 0 Å². The zero-order valence-electron chi connectivity index (χ0n) is 14.3. The van der Waals surface area contributed by atoms with Crippen LogP contribution in [0.4, 0.5) is 15.7 Å². The number of nitrogens with one attached hydrogen (secondary N) is 3. The number of pyridine rings is 1. The minimum absolute atomic E-state index is 0.225. The van der Waals surface area contributed by atoms with E-state index in [0.29, 0.717) is 11.7 Å². The molecule has 3 N–H and O–H groups in total. The maximum atomic E-state index is 11.9. The number of amides is 2. The van der Waals surface area contributed by atoms with E-state index in [1.165, 1.54) is 11.3 Å². The molecule has 0 fully saturated rings. The molecule has 2 aromatic heterocycles. The second-order valence-electron chi connectivity index (χ2n) is 5.63. The number of aromatic nitrogens is 2. The smallest absolute Gasteiger partial charge is 0.321 e. The minimum Gasteiger partial charge on any atom is -0.370 e. The summed E-state index contributed by atoms with van der Waals surface area (Å²) in [5.41, 5.74) is 1.91. The van der Waals surface area contributed by atoms with Gasteiger partial charge in [-0.25, -0.2) is 14.8 Å². The molecule has 0 aliphatic rings. The van der Waals surface area contributed by atoms with Crippen LogP contribution in [-0.4, -0.2) is 29.1 Å². The zero-order chi connectivity index (χ0) is 18.0. The van der Waals surface area contributed by atoms with Crippen LogP contribution in [0.5, 0.6) is 0 Å². The largest absolute Gasteiger partial charge is 0.370 e. The molecule has 134 valence electrons. The highest BCUT2D eigenvalue weighted by atomic mass is 32.1. The molecule has 3 aromatic rings. The molecule has 0 radical (unpaired) electrons. The van der Waals surface area contributed by atoms with Crippen molar-refractivity contribution in [2.45, 2.75) is 12.8 Å². The van der Waals surface area contributed by atoms with Gasteiger partial charge in [-0.2, -0.15) is 0 Å².